The lowest BCUT2D eigenvalue weighted by Crippen LogP contribution is -2.30. The maximum atomic E-state index is 11.4. The Balaban J connectivity index is 2.39. The monoisotopic (exact) mass is 251 g/mol. The Labute approximate surface area is 106 Å². The van der Waals surface area contributed by atoms with Crippen molar-refractivity contribution < 1.29 is 19.4 Å². The molecule has 0 radical (unpaired) electrons. The van der Waals surface area contributed by atoms with Crippen LogP contribution in [0.2, 0.25) is 0 Å². The molecule has 0 aliphatic carbocycles. The van der Waals surface area contributed by atoms with Crippen molar-refractivity contribution in [1.29, 1.82) is 0 Å². The summed E-state index contributed by atoms with van der Waals surface area (Å²) in [6.07, 6.45) is 0. The predicted octanol–water partition coefficient (Wildman–Crippen LogP) is 1.27. The molecule has 1 aromatic rings. The summed E-state index contributed by atoms with van der Waals surface area (Å²) in [4.78, 5) is 21.6. The Morgan fingerprint density at radius 1 is 1.28 bits per heavy atom. The van der Waals surface area contributed by atoms with Crippen molar-refractivity contribution in [2.45, 2.75) is 19.9 Å². The molecule has 0 aliphatic rings. The van der Waals surface area contributed by atoms with E-state index in [1.54, 1.807) is 0 Å². The van der Waals surface area contributed by atoms with Crippen molar-refractivity contribution in [2.24, 2.45) is 0 Å². The van der Waals surface area contributed by atoms with E-state index < -0.39 is 12.6 Å². The summed E-state index contributed by atoms with van der Waals surface area (Å²) < 4.78 is 4.70. The second-order valence-corrected chi connectivity index (χ2v) is 4.09. The summed E-state index contributed by atoms with van der Waals surface area (Å²) in [7, 11) is 0. The molecule has 0 saturated heterocycles. The van der Waals surface area contributed by atoms with Crippen molar-refractivity contribution in [2.75, 3.05) is 13.2 Å². The van der Waals surface area contributed by atoms with Gasteiger partial charge >= 0.3 is 5.97 Å². The number of carboxylic acids is 1. The van der Waals surface area contributed by atoms with E-state index in [1.165, 1.54) is 0 Å². The highest BCUT2D eigenvalue weighted by atomic mass is 16.5. The number of benzene rings is 1. The average molecular weight is 251 g/mol. The minimum atomic E-state index is -1.09. The highest BCUT2D eigenvalue weighted by Crippen LogP contribution is 2.12. The van der Waals surface area contributed by atoms with Gasteiger partial charge in [-0.2, -0.15) is 0 Å². The number of hydrogen-bond acceptors (Lipinski definition) is 3. The van der Waals surface area contributed by atoms with Crippen LogP contribution in [0.1, 0.15) is 24.1 Å². The molecule has 0 spiro atoms. The number of nitrogens with one attached hydrogen (secondary N) is 1. The molecule has 2 N–H and O–H groups in total. The van der Waals surface area contributed by atoms with Gasteiger partial charge in [0.25, 0.3) is 0 Å². The summed E-state index contributed by atoms with van der Waals surface area (Å²) in [5.74, 6) is -1.42. The van der Waals surface area contributed by atoms with E-state index in [-0.39, 0.29) is 18.6 Å². The molecule has 5 nitrogen and oxygen atoms in total. The van der Waals surface area contributed by atoms with Gasteiger partial charge in [0.05, 0.1) is 6.04 Å². The Kier molecular flexibility index (Phi) is 5.32. The van der Waals surface area contributed by atoms with Crippen LogP contribution >= 0.6 is 0 Å². The van der Waals surface area contributed by atoms with Gasteiger partial charge in [0, 0.05) is 0 Å². The Morgan fingerprint density at radius 3 is 2.44 bits per heavy atom. The molecule has 5 heteroatoms. The maximum absolute atomic E-state index is 11.4. The molecular formula is C13H17NO4. The van der Waals surface area contributed by atoms with Crippen LogP contribution in [-0.4, -0.2) is 30.2 Å². The Bertz CT molecular complexity index is 414. The lowest BCUT2D eigenvalue weighted by Gasteiger charge is -2.14. The molecule has 0 aliphatic heterocycles. The van der Waals surface area contributed by atoms with E-state index in [4.69, 9.17) is 9.84 Å². The van der Waals surface area contributed by atoms with E-state index >= 15 is 0 Å². The molecule has 0 bridgehead atoms. The third-order valence-electron chi connectivity index (χ3n) is 2.41. The number of aliphatic carboxylic acids is 1. The lowest BCUT2D eigenvalue weighted by atomic mass is 10.1. The van der Waals surface area contributed by atoms with Gasteiger partial charge in [-0.25, -0.2) is 4.79 Å². The van der Waals surface area contributed by atoms with Crippen molar-refractivity contribution in [1.82, 2.24) is 5.32 Å². The fourth-order valence-corrected chi connectivity index (χ4v) is 1.45. The van der Waals surface area contributed by atoms with E-state index in [2.05, 4.69) is 5.32 Å². The van der Waals surface area contributed by atoms with Crippen molar-refractivity contribution in [3.8, 4) is 0 Å². The van der Waals surface area contributed by atoms with Crippen LogP contribution in [0.3, 0.4) is 0 Å². The highest BCUT2D eigenvalue weighted by molar-refractivity contribution is 5.78. The summed E-state index contributed by atoms with van der Waals surface area (Å²) >= 11 is 0. The first-order valence-electron chi connectivity index (χ1n) is 5.64. The van der Waals surface area contributed by atoms with Crippen molar-refractivity contribution >= 4 is 11.9 Å². The fourth-order valence-electron chi connectivity index (χ4n) is 1.45. The first-order chi connectivity index (χ1) is 8.49. The van der Waals surface area contributed by atoms with Gasteiger partial charge in [-0.3, -0.25) is 4.79 Å². The minimum absolute atomic E-state index is 0.133. The molecular weight excluding hydrogens is 234 g/mol. The third-order valence-corrected chi connectivity index (χ3v) is 2.41. The molecule has 1 atom stereocenters. The van der Waals surface area contributed by atoms with Gasteiger partial charge in [-0.15, -0.1) is 0 Å². The summed E-state index contributed by atoms with van der Waals surface area (Å²) in [6.45, 7) is 3.14. The van der Waals surface area contributed by atoms with Crippen LogP contribution in [-0.2, 0) is 14.3 Å². The molecule has 0 unspecified atom stereocenters. The molecule has 18 heavy (non-hydrogen) atoms. The summed E-state index contributed by atoms with van der Waals surface area (Å²) in [5.41, 5.74) is 2.15. The van der Waals surface area contributed by atoms with Gasteiger partial charge in [-0.1, -0.05) is 29.8 Å². The number of carbonyl (C=O) groups is 2. The van der Waals surface area contributed by atoms with Crippen LogP contribution in [0, 0.1) is 6.92 Å². The molecule has 0 saturated carbocycles. The maximum Gasteiger partial charge on any atom is 0.329 e. The minimum Gasteiger partial charge on any atom is -0.480 e. The van der Waals surface area contributed by atoms with Gasteiger partial charge in [0.15, 0.2) is 0 Å². The highest BCUT2D eigenvalue weighted by Gasteiger charge is 2.09. The van der Waals surface area contributed by atoms with Gasteiger partial charge in [0.1, 0.15) is 13.2 Å². The van der Waals surface area contributed by atoms with Gasteiger partial charge in [-0.05, 0) is 19.4 Å². The number of hydrogen-bond donors (Lipinski definition) is 2. The predicted molar refractivity (Wildman–Crippen MR) is 66.2 cm³/mol. The number of amides is 1. The van der Waals surface area contributed by atoms with E-state index in [0.717, 1.165) is 11.1 Å². The summed E-state index contributed by atoms with van der Waals surface area (Å²) in [6, 6.07) is 7.70. The number of aryl methyl sites for hydroxylation is 1. The van der Waals surface area contributed by atoms with Gasteiger partial charge < -0.3 is 15.2 Å². The smallest absolute Gasteiger partial charge is 0.329 e. The van der Waals surface area contributed by atoms with Crippen molar-refractivity contribution in [3.63, 3.8) is 0 Å². The summed E-state index contributed by atoms with van der Waals surface area (Å²) in [5, 5.41) is 11.1. The second kappa shape index (κ2) is 6.76. The number of ether oxygens (including phenoxy) is 1. The molecule has 0 heterocycles. The SMILES string of the molecule is Cc1ccc([C@H](C)NC(=O)COCC(=O)O)cc1. The standard InChI is InChI=1S/C13H17NO4/c1-9-3-5-11(6-4-9)10(2)14-12(15)7-18-8-13(16)17/h3-6,10H,7-8H2,1-2H3,(H,14,15)(H,16,17)/t10-/m0/s1. The topological polar surface area (TPSA) is 75.6 Å². The largest absolute Gasteiger partial charge is 0.480 e. The zero-order valence-corrected chi connectivity index (χ0v) is 10.5. The molecule has 1 rings (SSSR count). The van der Waals surface area contributed by atoms with Crippen LogP contribution in [0.25, 0.3) is 0 Å². The fraction of sp³-hybridized carbons (Fsp3) is 0.385. The first-order valence-corrected chi connectivity index (χ1v) is 5.64. The van der Waals surface area contributed by atoms with Crippen molar-refractivity contribution in [3.05, 3.63) is 35.4 Å². The Hall–Kier alpha value is -1.88. The third kappa shape index (κ3) is 4.97. The Morgan fingerprint density at radius 2 is 1.89 bits per heavy atom. The first kappa shape index (κ1) is 14.2. The van der Waals surface area contributed by atoms with E-state index in [1.807, 2.05) is 38.1 Å². The quantitative estimate of drug-likeness (QED) is 0.798. The molecule has 98 valence electrons. The number of carboxylic acid groups (broad SMARTS) is 1. The molecule has 1 aromatic carbocycles. The van der Waals surface area contributed by atoms with Crippen LogP contribution in [0.5, 0.6) is 0 Å². The van der Waals surface area contributed by atoms with Crippen LogP contribution < -0.4 is 5.32 Å². The van der Waals surface area contributed by atoms with E-state index in [0.29, 0.717) is 0 Å². The average Bonchev–Trinajstić information content (AvgIpc) is 2.29. The number of rotatable bonds is 6. The lowest BCUT2D eigenvalue weighted by molar-refractivity contribution is -0.143. The molecule has 0 fully saturated rings. The normalized spacial score (nSPS) is 11.9. The molecule has 0 aromatic heterocycles. The molecule has 1 amide bonds. The zero-order chi connectivity index (χ0) is 13.5. The second-order valence-electron chi connectivity index (χ2n) is 4.09. The van der Waals surface area contributed by atoms with E-state index in [9.17, 15) is 9.59 Å². The number of carbonyl (C=O) groups excluding carboxylic acids is 1. The zero-order valence-electron chi connectivity index (χ0n) is 10.5. The van der Waals surface area contributed by atoms with Gasteiger partial charge in [0.2, 0.25) is 5.91 Å². The van der Waals surface area contributed by atoms with Crippen LogP contribution in [0.4, 0.5) is 0 Å². The van der Waals surface area contributed by atoms with Crippen LogP contribution in [0.15, 0.2) is 24.3 Å².